The summed E-state index contributed by atoms with van der Waals surface area (Å²) in [5, 5.41) is 27.0. The lowest BCUT2D eigenvalue weighted by atomic mass is 10.0. The van der Waals surface area contributed by atoms with Crippen LogP contribution in [0.15, 0.2) is 48.0 Å². The van der Waals surface area contributed by atoms with Crippen molar-refractivity contribution >= 4 is 46.5 Å². The van der Waals surface area contributed by atoms with Crippen LogP contribution >= 0.6 is 0 Å². The molecule has 0 spiro atoms. The quantitative estimate of drug-likeness (QED) is 0.0438. The summed E-state index contributed by atoms with van der Waals surface area (Å²) < 4.78 is 0. The van der Waals surface area contributed by atoms with Gasteiger partial charge in [-0.25, -0.2) is 9.78 Å². The Morgan fingerprint density at radius 3 is 2.24 bits per heavy atom. The van der Waals surface area contributed by atoms with Gasteiger partial charge in [0.2, 0.25) is 17.7 Å². The van der Waals surface area contributed by atoms with Crippen molar-refractivity contribution in [2.75, 3.05) is 6.54 Å². The SMILES string of the molecule is NC(N)=NCCCC(NC(=O)C(N)Cc1cnc[nH]1)C(=O)NC(Cc1c[nH]c2ccccc12)C(=O)NC(CCC(=O)O)C(=O)O. The summed E-state index contributed by atoms with van der Waals surface area (Å²) in [5.41, 5.74) is 18.9. The fourth-order valence-electron chi connectivity index (χ4n) is 4.58. The van der Waals surface area contributed by atoms with Gasteiger partial charge >= 0.3 is 11.9 Å². The summed E-state index contributed by atoms with van der Waals surface area (Å²) in [5.74, 6) is -5.04. The maximum atomic E-state index is 13.6. The number of imidazole rings is 1. The maximum absolute atomic E-state index is 13.6. The average molecular weight is 627 g/mol. The highest BCUT2D eigenvalue weighted by molar-refractivity contribution is 5.95. The van der Waals surface area contributed by atoms with Gasteiger partial charge < -0.3 is 53.3 Å². The Morgan fingerprint density at radius 1 is 0.889 bits per heavy atom. The summed E-state index contributed by atoms with van der Waals surface area (Å²) in [6, 6.07) is 2.24. The number of hydrogen-bond donors (Lipinski definition) is 10. The molecule has 17 heteroatoms. The molecule has 3 rings (SSSR count). The van der Waals surface area contributed by atoms with Gasteiger partial charge in [-0.3, -0.25) is 24.2 Å². The number of nitrogens with two attached hydrogens (primary N) is 3. The number of H-pyrrole nitrogens is 2. The zero-order valence-corrected chi connectivity index (χ0v) is 24.4. The number of hydrogen-bond acceptors (Lipinski definition) is 8. The molecule has 1 aromatic carbocycles. The number of carbonyl (C=O) groups is 5. The van der Waals surface area contributed by atoms with Crippen LogP contribution in [-0.4, -0.2) is 91.5 Å². The number of carbonyl (C=O) groups excluding carboxylic acids is 3. The fraction of sp³-hybridized carbons (Fsp3) is 0.393. The monoisotopic (exact) mass is 626 g/mol. The van der Waals surface area contributed by atoms with Gasteiger partial charge in [0, 0.05) is 54.8 Å². The largest absolute Gasteiger partial charge is 0.481 e. The van der Waals surface area contributed by atoms with E-state index in [2.05, 4.69) is 35.9 Å². The molecule has 4 atom stereocenters. The molecule has 0 bridgehead atoms. The van der Waals surface area contributed by atoms with Crippen LogP contribution in [0.3, 0.4) is 0 Å². The minimum atomic E-state index is -1.52. The molecule has 3 amide bonds. The number of aromatic amines is 2. The predicted octanol–water partition coefficient (Wildman–Crippen LogP) is -1.54. The molecule has 0 saturated carbocycles. The number of carboxylic acids is 2. The summed E-state index contributed by atoms with van der Waals surface area (Å²) in [6.07, 6.45) is 4.16. The molecular weight excluding hydrogens is 588 g/mol. The first-order valence-electron chi connectivity index (χ1n) is 14.1. The van der Waals surface area contributed by atoms with Gasteiger partial charge in [0.25, 0.3) is 0 Å². The van der Waals surface area contributed by atoms with Crippen LogP contribution in [0.5, 0.6) is 0 Å². The van der Waals surface area contributed by atoms with Crippen LogP contribution in [0.25, 0.3) is 10.9 Å². The van der Waals surface area contributed by atoms with Crippen molar-refractivity contribution in [3.8, 4) is 0 Å². The van der Waals surface area contributed by atoms with E-state index in [0.717, 1.165) is 10.9 Å². The zero-order chi connectivity index (χ0) is 32.9. The van der Waals surface area contributed by atoms with E-state index in [1.165, 1.54) is 12.5 Å². The molecule has 0 aliphatic carbocycles. The lowest BCUT2D eigenvalue weighted by molar-refractivity contribution is -0.143. The third-order valence-corrected chi connectivity index (χ3v) is 6.90. The van der Waals surface area contributed by atoms with E-state index in [0.29, 0.717) is 11.3 Å². The van der Waals surface area contributed by atoms with Crippen molar-refractivity contribution in [2.45, 2.75) is 62.7 Å². The Morgan fingerprint density at radius 2 is 1.58 bits per heavy atom. The molecule has 0 fully saturated rings. The Kier molecular flexibility index (Phi) is 12.4. The first-order chi connectivity index (χ1) is 21.4. The number of nitrogens with one attached hydrogen (secondary N) is 5. The topological polar surface area (TPSA) is 297 Å². The minimum Gasteiger partial charge on any atom is -0.481 e. The highest BCUT2D eigenvalue weighted by atomic mass is 16.4. The second-order valence-corrected chi connectivity index (χ2v) is 10.4. The van der Waals surface area contributed by atoms with E-state index < -0.39 is 60.2 Å². The fourth-order valence-corrected chi connectivity index (χ4v) is 4.58. The molecule has 0 saturated heterocycles. The van der Waals surface area contributed by atoms with Gasteiger partial charge in [-0.05, 0) is 30.9 Å². The highest BCUT2D eigenvalue weighted by Crippen LogP contribution is 2.19. The third kappa shape index (κ3) is 10.6. The Balaban J connectivity index is 1.84. The van der Waals surface area contributed by atoms with E-state index in [1.807, 2.05) is 18.2 Å². The number of aliphatic imine (C=N–C) groups is 1. The van der Waals surface area contributed by atoms with Gasteiger partial charge in [-0.1, -0.05) is 18.2 Å². The summed E-state index contributed by atoms with van der Waals surface area (Å²) in [6.45, 7) is 0.158. The van der Waals surface area contributed by atoms with Crippen LogP contribution in [0.2, 0.25) is 0 Å². The highest BCUT2D eigenvalue weighted by Gasteiger charge is 2.31. The molecule has 0 aliphatic rings. The van der Waals surface area contributed by atoms with Gasteiger partial charge in [0.05, 0.1) is 12.4 Å². The molecule has 45 heavy (non-hydrogen) atoms. The Labute approximate surface area is 257 Å². The second-order valence-electron chi connectivity index (χ2n) is 10.4. The Bertz CT molecular complexity index is 1500. The number of benzene rings is 1. The van der Waals surface area contributed by atoms with E-state index in [4.69, 9.17) is 22.3 Å². The first kappa shape index (κ1) is 34.0. The van der Waals surface area contributed by atoms with E-state index in [-0.39, 0.29) is 44.6 Å². The molecule has 242 valence electrons. The van der Waals surface area contributed by atoms with Gasteiger partial charge in [-0.15, -0.1) is 0 Å². The molecule has 4 unspecified atom stereocenters. The maximum Gasteiger partial charge on any atom is 0.326 e. The smallest absolute Gasteiger partial charge is 0.326 e. The van der Waals surface area contributed by atoms with Crippen molar-refractivity contribution in [2.24, 2.45) is 22.2 Å². The van der Waals surface area contributed by atoms with Gasteiger partial charge in [0.15, 0.2) is 5.96 Å². The number of guanidine groups is 1. The predicted molar refractivity (Wildman–Crippen MR) is 162 cm³/mol. The molecular formula is C28H38N10O7. The summed E-state index contributed by atoms with van der Waals surface area (Å²) in [4.78, 5) is 76.6. The number of carboxylic acid groups (broad SMARTS) is 2. The number of rotatable bonds is 18. The molecule has 0 radical (unpaired) electrons. The minimum absolute atomic E-state index is 0.0547. The van der Waals surface area contributed by atoms with Crippen LogP contribution in [0, 0.1) is 0 Å². The number of fused-ring (bicyclic) bond motifs is 1. The summed E-state index contributed by atoms with van der Waals surface area (Å²) in [7, 11) is 0. The van der Waals surface area contributed by atoms with E-state index in [9.17, 15) is 29.1 Å². The Hall–Kier alpha value is -5.45. The van der Waals surface area contributed by atoms with Crippen molar-refractivity contribution in [1.82, 2.24) is 30.9 Å². The number of amides is 3. The average Bonchev–Trinajstić information content (AvgIpc) is 3.65. The number of aromatic nitrogens is 3. The van der Waals surface area contributed by atoms with Crippen LogP contribution < -0.4 is 33.2 Å². The van der Waals surface area contributed by atoms with E-state index >= 15 is 0 Å². The van der Waals surface area contributed by atoms with Crippen molar-refractivity contribution in [3.63, 3.8) is 0 Å². The number of para-hydroxylation sites is 1. The van der Waals surface area contributed by atoms with Crippen LogP contribution in [0.1, 0.15) is 36.9 Å². The van der Waals surface area contributed by atoms with Gasteiger partial charge in [0.1, 0.15) is 18.1 Å². The molecule has 2 aromatic heterocycles. The molecule has 3 aromatic rings. The molecule has 17 nitrogen and oxygen atoms in total. The first-order valence-corrected chi connectivity index (χ1v) is 14.1. The molecule has 2 heterocycles. The van der Waals surface area contributed by atoms with Crippen LogP contribution in [-0.2, 0) is 36.8 Å². The standard InChI is InChI=1S/C28H38N10O7/c29-18(11-16-13-32-14-35-16)24(41)36-20(6-3-9-33-28(30)31)25(42)38-22(10-15-12-34-19-5-2-1-4-17(15)19)26(43)37-21(27(44)45)7-8-23(39)40/h1-2,4-5,12-14,18,20-22,34H,3,6-11,29H2,(H,32,35)(H,36,41)(H,37,43)(H,38,42)(H,39,40)(H,44,45)(H4,30,31,33). The lowest BCUT2D eigenvalue weighted by Crippen LogP contribution is -2.57. The summed E-state index contributed by atoms with van der Waals surface area (Å²) >= 11 is 0. The lowest BCUT2D eigenvalue weighted by Gasteiger charge is -2.25. The van der Waals surface area contributed by atoms with Gasteiger partial charge in [-0.2, -0.15) is 0 Å². The third-order valence-electron chi connectivity index (χ3n) is 6.90. The zero-order valence-electron chi connectivity index (χ0n) is 24.4. The number of aliphatic carboxylic acids is 2. The van der Waals surface area contributed by atoms with Crippen LogP contribution in [0.4, 0.5) is 0 Å². The number of nitrogens with zero attached hydrogens (tertiary/aromatic N) is 2. The molecule has 13 N–H and O–H groups in total. The van der Waals surface area contributed by atoms with Crippen molar-refractivity contribution in [1.29, 1.82) is 0 Å². The molecule has 0 aliphatic heterocycles. The van der Waals surface area contributed by atoms with E-state index in [1.54, 1.807) is 12.3 Å². The van der Waals surface area contributed by atoms with Crippen molar-refractivity contribution in [3.05, 3.63) is 54.2 Å². The normalized spacial score (nSPS) is 13.6. The second kappa shape index (κ2) is 16.4. The van der Waals surface area contributed by atoms with Crippen molar-refractivity contribution < 1.29 is 34.2 Å².